The quantitative estimate of drug-likeness (QED) is 0.929. The van der Waals surface area contributed by atoms with Gasteiger partial charge in [0.05, 0.1) is 5.69 Å². The number of benzene rings is 1. The predicted molar refractivity (Wildman–Crippen MR) is 73.0 cm³/mol. The number of rotatable bonds is 3. The lowest BCUT2D eigenvalue weighted by molar-refractivity contribution is 0.0683. The van der Waals surface area contributed by atoms with Crippen molar-refractivity contribution >= 4 is 33.5 Å². The van der Waals surface area contributed by atoms with E-state index in [1.54, 1.807) is 22.9 Å². The SMILES string of the molecule is O=C(O)c1nc(C2CC2)n(-c2cc(Cl)ccc2Br)n1. The first-order chi connectivity index (χ1) is 9.06. The number of carbonyl (C=O) groups is 1. The third-order valence-corrected chi connectivity index (χ3v) is 3.81. The molecule has 0 radical (unpaired) electrons. The highest BCUT2D eigenvalue weighted by Crippen LogP contribution is 2.40. The number of nitrogens with zero attached hydrogens (tertiary/aromatic N) is 3. The topological polar surface area (TPSA) is 68.0 Å². The Morgan fingerprint density at radius 2 is 2.21 bits per heavy atom. The van der Waals surface area contributed by atoms with Gasteiger partial charge in [-0.1, -0.05) is 11.6 Å². The van der Waals surface area contributed by atoms with Crippen molar-refractivity contribution in [1.29, 1.82) is 0 Å². The Morgan fingerprint density at radius 3 is 2.84 bits per heavy atom. The van der Waals surface area contributed by atoms with Crippen LogP contribution in [0.1, 0.15) is 35.2 Å². The second-order valence-corrected chi connectivity index (χ2v) is 5.67. The summed E-state index contributed by atoms with van der Waals surface area (Å²) >= 11 is 9.41. The number of carboxylic acid groups (broad SMARTS) is 1. The summed E-state index contributed by atoms with van der Waals surface area (Å²) in [6.45, 7) is 0. The zero-order valence-corrected chi connectivity index (χ0v) is 12.0. The van der Waals surface area contributed by atoms with E-state index in [0.717, 1.165) is 17.3 Å². The molecule has 1 aromatic carbocycles. The van der Waals surface area contributed by atoms with Crippen LogP contribution in [0, 0.1) is 0 Å². The first-order valence-corrected chi connectivity index (χ1v) is 6.89. The highest BCUT2D eigenvalue weighted by molar-refractivity contribution is 9.10. The van der Waals surface area contributed by atoms with Crippen molar-refractivity contribution in [3.8, 4) is 5.69 Å². The minimum atomic E-state index is -1.13. The molecule has 0 atom stereocenters. The van der Waals surface area contributed by atoms with Gasteiger partial charge in [0.15, 0.2) is 0 Å². The molecule has 1 aliphatic rings. The Balaban J connectivity index is 2.17. The van der Waals surface area contributed by atoms with Crippen molar-refractivity contribution in [3.63, 3.8) is 0 Å². The molecule has 1 aliphatic carbocycles. The molecule has 1 fully saturated rings. The average molecular weight is 343 g/mol. The van der Waals surface area contributed by atoms with Crippen molar-refractivity contribution in [1.82, 2.24) is 14.8 Å². The van der Waals surface area contributed by atoms with Crippen LogP contribution in [0.4, 0.5) is 0 Å². The van der Waals surface area contributed by atoms with E-state index in [-0.39, 0.29) is 11.7 Å². The Bertz CT molecular complexity index is 667. The normalized spacial score (nSPS) is 14.6. The van der Waals surface area contributed by atoms with E-state index in [1.165, 1.54) is 0 Å². The Kier molecular flexibility index (Phi) is 3.06. The van der Waals surface area contributed by atoms with Gasteiger partial charge in [-0.15, -0.1) is 5.10 Å². The second kappa shape index (κ2) is 4.61. The molecule has 0 spiro atoms. The molecule has 5 nitrogen and oxygen atoms in total. The van der Waals surface area contributed by atoms with Crippen molar-refractivity contribution in [3.05, 3.63) is 39.3 Å². The van der Waals surface area contributed by atoms with Crippen molar-refractivity contribution < 1.29 is 9.90 Å². The van der Waals surface area contributed by atoms with Crippen LogP contribution < -0.4 is 0 Å². The van der Waals surface area contributed by atoms with Gasteiger partial charge >= 0.3 is 5.97 Å². The Morgan fingerprint density at radius 1 is 1.47 bits per heavy atom. The van der Waals surface area contributed by atoms with Crippen molar-refractivity contribution in [2.24, 2.45) is 0 Å². The number of hydrogen-bond acceptors (Lipinski definition) is 3. The maximum atomic E-state index is 11.0. The maximum Gasteiger partial charge on any atom is 0.375 e. The molecule has 98 valence electrons. The van der Waals surface area contributed by atoms with E-state index in [9.17, 15) is 4.79 Å². The molecule has 0 unspecified atom stereocenters. The Hall–Kier alpha value is -1.40. The van der Waals surface area contributed by atoms with Crippen LogP contribution in [0.2, 0.25) is 5.02 Å². The fourth-order valence-corrected chi connectivity index (χ4v) is 2.43. The third kappa shape index (κ3) is 2.37. The summed E-state index contributed by atoms with van der Waals surface area (Å²) in [6, 6.07) is 5.29. The van der Waals surface area contributed by atoms with Gasteiger partial charge in [-0.25, -0.2) is 14.5 Å². The largest absolute Gasteiger partial charge is 0.475 e. The van der Waals surface area contributed by atoms with Crippen LogP contribution in [0.25, 0.3) is 5.69 Å². The Labute approximate surface area is 122 Å². The number of aromatic nitrogens is 3. The highest BCUT2D eigenvalue weighted by Gasteiger charge is 2.32. The third-order valence-electron chi connectivity index (χ3n) is 2.90. The second-order valence-electron chi connectivity index (χ2n) is 4.38. The first kappa shape index (κ1) is 12.6. The van der Waals surface area contributed by atoms with Crippen LogP contribution in [-0.2, 0) is 0 Å². The minimum absolute atomic E-state index is 0.186. The molecule has 3 rings (SSSR count). The van der Waals surface area contributed by atoms with E-state index in [4.69, 9.17) is 16.7 Å². The van der Waals surface area contributed by atoms with Gasteiger partial charge in [0.1, 0.15) is 5.82 Å². The summed E-state index contributed by atoms with van der Waals surface area (Å²) in [5.41, 5.74) is 0.703. The summed E-state index contributed by atoms with van der Waals surface area (Å²) in [7, 11) is 0. The van der Waals surface area contributed by atoms with Crippen LogP contribution >= 0.6 is 27.5 Å². The molecule has 19 heavy (non-hydrogen) atoms. The van der Waals surface area contributed by atoms with E-state index >= 15 is 0 Å². The lowest BCUT2D eigenvalue weighted by Gasteiger charge is -2.07. The highest BCUT2D eigenvalue weighted by atomic mass is 79.9. The predicted octanol–water partition coefficient (Wildman–Crippen LogP) is 3.26. The lowest BCUT2D eigenvalue weighted by atomic mass is 10.3. The fraction of sp³-hybridized carbons (Fsp3) is 0.250. The van der Waals surface area contributed by atoms with Gasteiger partial charge < -0.3 is 5.11 Å². The van der Waals surface area contributed by atoms with E-state index in [1.807, 2.05) is 0 Å². The monoisotopic (exact) mass is 341 g/mol. The summed E-state index contributed by atoms with van der Waals surface area (Å²) in [5, 5.41) is 13.6. The molecule has 0 amide bonds. The first-order valence-electron chi connectivity index (χ1n) is 5.72. The summed E-state index contributed by atoms with van der Waals surface area (Å²) in [6.07, 6.45) is 2.02. The average Bonchev–Trinajstić information content (AvgIpc) is 3.11. The van der Waals surface area contributed by atoms with Crippen molar-refractivity contribution in [2.45, 2.75) is 18.8 Å². The van der Waals surface area contributed by atoms with Gasteiger partial charge in [0, 0.05) is 15.4 Å². The minimum Gasteiger partial charge on any atom is -0.475 e. The summed E-state index contributed by atoms with van der Waals surface area (Å²) in [4.78, 5) is 15.1. The lowest BCUT2D eigenvalue weighted by Crippen LogP contribution is -2.04. The van der Waals surface area contributed by atoms with Gasteiger partial charge in [0.2, 0.25) is 0 Å². The summed E-state index contributed by atoms with van der Waals surface area (Å²) < 4.78 is 2.36. The molecule has 0 saturated heterocycles. The van der Waals surface area contributed by atoms with Crippen LogP contribution in [0.5, 0.6) is 0 Å². The number of carboxylic acids is 1. The molecule has 0 bridgehead atoms. The number of halogens is 2. The van der Waals surface area contributed by atoms with Gasteiger partial charge in [-0.2, -0.15) is 0 Å². The number of aromatic carboxylic acids is 1. The fourth-order valence-electron chi connectivity index (χ4n) is 1.85. The maximum absolute atomic E-state index is 11.0. The van der Waals surface area contributed by atoms with Gasteiger partial charge in [-0.3, -0.25) is 0 Å². The van der Waals surface area contributed by atoms with Crippen LogP contribution in [-0.4, -0.2) is 25.8 Å². The zero-order chi connectivity index (χ0) is 13.6. The molecular weight excluding hydrogens is 334 g/mol. The molecule has 1 heterocycles. The van der Waals surface area contributed by atoms with Crippen LogP contribution in [0.3, 0.4) is 0 Å². The number of hydrogen-bond donors (Lipinski definition) is 1. The molecule has 1 N–H and O–H groups in total. The molecule has 1 saturated carbocycles. The molecule has 1 aromatic heterocycles. The molecule has 0 aliphatic heterocycles. The van der Waals surface area contributed by atoms with E-state index < -0.39 is 5.97 Å². The molecular formula is C12H9BrClN3O2. The van der Waals surface area contributed by atoms with Gasteiger partial charge in [0.25, 0.3) is 5.82 Å². The molecule has 7 heteroatoms. The van der Waals surface area contributed by atoms with E-state index in [0.29, 0.717) is 16.5 Å². The van der Waals surface area contributed by atoms with Gasteiger partial charge in [-0.05, 0) is 47.0 Å². The summed E-state index contributed by atoms with van der Waals surface area (Å²) in [5.74, 6) is -0.348. The standard InChI is InChI=1S/C12H9BrClN3O2/c13-8-4-3-7(14)5-9(8)17-11(6-1-2-6)15-10(16-17)12(18)19/h3-6H,1-2H2,(H,18,19). The van der Waals surface area contributed by atoms with Crippen molar-refractivity contribution in [2.75, 3.05) is 0 Å². The smallest absolute Gasteiger partial charge is 0.375 e. The van der Waals surface area contributed by atoms with E-state index in [2.05, 4.69) is 26.0 Å². The zero-order valence-electron chi connectivity index (χ0n) is 9.68. The molecule has 2 aromatic rings. The van der Waals surface area contributed by atoms with Crippen LogP contribution in [0.15, 0.2) is 22.7 Å².